The van der Waals surface area contributed by atoms with Crippen molar-refractivity contribution in [3.05, 3.63) is 59.7 Å². The lowest BCUT2D eigenvalue weighted by molar-refractivity contribution is -0.125. The first-order valence-electron chi connectivity index (χ1n) is 12.7. The molecule has 1 heterocycles. The van der Waals surface area contributed by atoms with E-state index in [1.807, 2.05) is 12.1 Å². The summed E-state index contributed by atoms with van der Waals surface area (Å²) in [5.74, 6) is 0.247. The van der Waals surface area contributed by atoms with E-state index in [9.17, 15) is 18.0 Å². The summed E-state index contributed by atoms with van der Waals surface area (Å²) < 4.78 is 28.4. The van der Waals surface area contributed by atoms with Crippen LogP contribution in [0.5, 0.6) is 0 Å². The fraction of sp³-hybridized carbons (Fsp3) is 0.481. The Morgan fingerprint density at radius 1 is 0.800 bits per heavy atom. The predicted octanol–water partition coefficient (Wildman–Crippen LogP) is 4.42. The molecule has 5 rings (SSSR count). The van der Waals surface area contributed by atoms with Gasteiger partial charge in [0, 0.05) is 23.8 Å². The van der Waals surface area contributed by atoms with Gasteiger partial charge in [-0.3, -0.25) is 14.3 Å². The van der Waals surface area contributed by atoms with Crippen molar-refractivity contribution in [2.45, 2.75) is 80.7 Å². The summed E-state index contributed by atoms with van der Waals surface area (Å²) in [6, 6.07) is 13.4. The molecule has 1 saturated heterocycles. The first-order chi connectivity index (χ1) is 16.9. The quantitative estimate of drug-likeness (QED) is 0.594. The molecule has 2 amide bonds. The number of sulfonamides is 1. The number of nitrogens with one attached hydrogen (secondary N) is 2. The first-order valence-corrected chi connectivity index (χ1v) is 14.2. The number of rotatable bonds is 7. The van der Waals surface area contributed by atoms with Crippen molar-refractivity contribution < 1.29 is 18.0 Å². The lowest BCUT2D eigenvalue weighted by Crippen LogP contribution is -2.46. The zero-order valence-electron chi connectivity index (χ0n) is 19.9. The molecule has 2 aromatic rings. The number of amides is 2. The van der Waals surface area contributed by atoms with E-state index in [4.69, 9.17) is 0 Å². The van der Waals surface area contributed by atoms with Crippen LogP contribution in [0.25, 0.3) is 0 Å². The van der Waals surface area contributed by atoms with Gasteiger partial charge in [0.1, 0.15) is 6.04 Å². The van der Waals surface area contributed by atoms with Crippen molar-refractivity contribution in [1.29, 1.82) is 0 Å². The van der Waals surface area contributed by atoms with Gasteiger partial charge < -0.3 is 10.2 Å². The molecule has 3 aliphatic rings. The van der Waals surface area contributed by atoms with Gasteiger partial charge in [0.25, 0.3) is 15.9 Å². The molecule has 35 heavy (non-hydrogen) atoms. The summed E-state index contributed by atoms with van der Waals surface area (Å²) in [4.78, 5) is 27.4. The highest BCUT2D eigenvalue weighted by Gasteiger charge is 2.36. The van der Waals surface area contributed by atoms with Crippen molar-refractivity contribution in [3.8, 4) is 0 Å². The van der Waals surface area contributed by atoms with E-state index in [0.29, 0.717) is 30.1 Å². The lowest BCUT2D eigenvalue weighted by Gasteiger charge is -2.24. The Labute approximate surface area is 207 Å². The average Bonchev–Trinajstić information content (AvgIpc) is 3.55. The van der Waals surface area contributed by atoms with E-state index in [-0.39, 0.29) is 22.8 Å². The Kier molecular flexibility index (Phi) is 6.82. The second kappa shape index (κ2) is 10.0. The normalized spacial score (nSPS) is 21.0. The van der Waals surface area contributed by atoms with Crippen LogP contribution in [-0.4, -0.2) is 43.8 Å². The van der Waals surface area contributed by atoms with E-state index in [1.54, 1.807) is 41.3 Å². The molecule has 1 atom stereocenters. The number of anilines is 1. The number of nitrogens with zero attached hydrogens (tertiary/aromatic N) is 1. The Morgan fingerprint density at radius 3 is 2.14 bits per heavy atom. The molecule has 2 aromatic carbocycles. The molecule has 0 spiro atoms. The summed E-state index contributed by atoms with van der Waals surface area (Å²) in [5.41, 5.74) is 2.04. The summed E-state index contributed by atoms with van der Waals surface area (Å²) in [5, 5.41) is 2.99. The molecule has 2 saturated carbocycles. The van der Waals surface area contributed by atoms with E-state index in [1.165, 1.54) is 37.7 Å². The molecule has 7 nitrogen and oxygen atoms in total. The van der Waals surface area contributed by atoms with Crippen molar-refractivity contribution in [1.82, 2.24) is 10.2 Å². The largest absolute Gasteiger partial charge is 0.352 e. The molecule has 186 valence electrons. The minimum absolute atomic E-state index is 0.0720. The van der Waals surface area contributed by atoms with Gasteiger partial charge >= 0.3 is 0 Å². The smallest absolute Gasteiger partial charge is 0.261 e. The zero-order chi connectivity index (χ0) is 24.4. The standard InChI is InChI=1S/C27H33N3O4S/c31-26(28-22-14-15-22)25-7-4-18-30(25)27(32)21-8-12-23(13-9-21)29-35(33,34)24-16-10-20(11-17-24)19-5-2-1-3-6-19/h8-13,16-17,19,22,25,29H,1-7,14-15,18H2,(H,28,31). The minimum Gasteiger partial charge on any atom is -0.352 e. The maximum absolute atomic E-state index is 13.1. The Morgan fingerprint density at radius 2 is 1.49 bits per heavy atom. The summed E-state index contributed by atoms with van der Waals surface area (Å²) >= 11 is 0. The second-order valence-electron chi connectivity index (χ2n) is 10.0. The predicted molar refractivity (Wildman–Crippen MR) is 135 cm³/mol. The third-order valence-corrected chi connectivity index (χ3v) is 8.79. The number of carbonyl (C=O) groups is 2. The van der Waals surface area contributed by atoms with Crippen LogP contribution in [0.3, 0.4) is 0 Å². The third-order valence-electron chi connectivity index (χ3n) is 7.39. The number of benzene rings is 2. The van der Waals surface area contributed by atoms with E-state index >= 15 is 0 Å². The Balaban J connectivity index is 1.22. The van der Waals surface area contributed by atoms with Crippen molar-refractivity contribution in [2.24, 2.45) is 0 Å². The third kappa shape index (κ3) is 5.53. The maximum atomic E-state index is 13.1. The van der Waals surface area contributed by atoms with E-state index < -0.39 is 16.1 Å². The fourth-order valence-electron chi connectivity index (χ4n) is 5.22. The highest BCUT2D eigenvalue weighted by molar-refractivity contribution is 7.92. The maximum Gasteiger partial charge on any atom is 0.261 e. The topological polar surface area (TPSA) is 95.6 Å². The number of carbonyl (C=O) groups excluding carboxylic acids is 2. The molecule has 2 aliphatic carbocycles. The number of likely N-dealkylation sites (tertiary alicyclic amines) is 1. The van der Waals surface area contributed by atoms with Crippen molar-refractivity contribution in [3.63, 3.8) is 0 Å². The molecule has 0 bridgehead atoms. The van der Waals surface area contributed by atoms with E-state index in [2.05, 4.69) is 10.0 Å². The van der Waals surface area contributed by atoms with Crippen molar-refractivity contribution >= 4 is 27.5 Å². The van der Waals surface area contributed by atoms with Crippen LogP contribution >= 0.6 is 0 Å². The Hall–Kier alpha value is -2.87. The molecule has 2 N–H and O–H groups in total. The number of hydrogen-bond acceptors (Lipinski definition) is 4. The molecule has 3 fully saturated rings. The van der Waals surface area contributed by atoms with E-state index in [0.717, 1.165) is 19.3 Å². The van der Waals surface area contributed by atoms with Crippen molar-refractivity contribution in [2.75, 3.05) is 11.3 Å². The van der Waals surface area contributed by atoms with Crippen LogP contribution in [-0.2, 0) is 14.8 Å². The molecule has 1 aliphatic heterocycles. The minimum atomic E-state index is -3.73. The first kappa shape index (κ1) is 23.9. The van der Waals surface area contributed by atoms with Gasteiger partial charge in [-0.15, -0.1) is 0 Å². The van der Waals surface area contributed by atoms with Gasteiger partial charge in [-0.1, -0.05) is 31.4 Å². The highest BCUT2D eigenvalue weighted by atomic mass is 32.2. The summed E-state index contributed by atoms with van der Waals surface area (Å²) in [6.07, 6.45) is 9.56. The van der Waals surface area contributed by atoms with Crippen LogP contribution in [0.4, 0.5) is 5.69 Å². The van der Waals surface area contributed by atoms with Gasteiger partial charge in [-0.25, -0.2) is 8.42 Å². The monoisotopic (exact) mass is 495 g/mol. The van der Waals surface area contributed by atoms with Gasteiger partial charge in [0.05, 0.1) is 4.90 Å². The summed E-state index contributed by atoms with van der Waals surface area (Å²) in [7, 11) is -3.73. The molecule has 8 heteroatoms. The van der Waals surface area contributed by atoms with Gasteiger partial charge in [0.2, 0.25) is 5.91 Å². The van der Waals surface area contributed by atoms with Gasteiger partial charge in [-0.2, -0.15) is 0 Å². The average molecular weight is 496 g/mol. The van der Waals surface area contributed by atoms with Crippen LogP contribution < -0.4 is 10.0 Å². The van der Waals surface area contributed by atoms with Crippen LogP contribution in [0.1, 0.15) is 79.6 Å². The lowest BCUT2D eigenvalue weighted by atomic mass is 9.84. The Bertz CT molecular complexity index is 1170. The van der Waals surface area contributed by atoms with Crippen LogP contribution in [0.15, 0.2) is 53.4 Å². The second-order valence-corrected chi connectivity index (χ2v) is 11.7. The molecular formula is C27H33N3O4S. The summed E-state index contributed by atoms with van der Waals surface area (Å²) in [6.45, 7) is 0.548. The fourth-order valence-corrected chi connectivity index (χ4v) is 6.28. The van der Waals surface area contributed by atoms with Gasteiger partial charge in [-0.05, 0) is 86.4 Å². The van der Waals surface area contributed by atoms with Gasteiger partial charge in [0.15, 0.2) is 0 Å². The SMILES string of the molecule is O=C(NC1CC1)C1CCCN1C(=O)c1ccc(NS(=O)(=O)c2ccc(C3CCCCC3)cc2)cc1. The van der Waals surface area contributed by atoms with Crippen LogP contribution in [0, 0.1) is 0 Å². The molecular weight excluding hydrogens is 462 g/mol. The van der Waals surface area contributed by atoms with Crippen LogP contribution in [0.2, 0.25) is 0 Å². The highest BCUT2D eigenvalue weighted by Crippen LogP contribution is 2.33. The molecule has 1 unspecified atom stereocenters. The molecule has 0 radical (unpaired) electrons. The zero-order valence-corrected chi connectivity index (χ0v) is 20.7. The number of hydrogen-bond donors (Lipinski definition) is 2. The molecule has 0 aromatic heterocycles.